The Morgan fingerprint density at radius 2 is 2.00 bits per heavy atom. The molecule has 0 aliphatic rings. The van der Waals surface area contributed by atoms with E-state index in [4.69, 9.17) is 11.6 Å². The zero-order valence-corrected chi connectivity index (χ0v) is 19.0. The van der Waals surface area contributed by atoms with Crippen molar-refractivity contribution in [1.29, 1.82) is 5.26 Å². The van der Waals surface area contributed by atoms with Gasteiger partial charge >= 0.3 is 6.18 Å². The van der Waals surface area contributed by atoms with E-state index in [-0.39, 0.29) is 33.7 Å². The van der Waals surface area contributed by atoms with Crippen molar-refractivity contribution in [1.82, 2.24) is 20.1 Å². The van der Waals surface area contributed by atoms with Crippen molar-refractivity contribution in [2.75, 3.05) is 5.32 Å². The molecule has 0 aliphatic heterocycles. The molecule has 0 aliphatic carbocycles. The summed E-state index contributed by atoms with van der Waals surface area (Å²) in [7, 11) is 0. The van der Waals surface area contributed by atoms with Crippen LogP contribution >= 0.6 is 11.6 Å². The second-order valence-electron chi connectivity index (χ2n) is 7.68. The third kappa shape index (κ3) is 5.36. The average molecular weight is 493 g/mol. The van der Waals surface area contributed by atoms with Gasteiger partial charge in [0, 0.05) is 23.9 Å². The SMILES string of the molecule is Cc1cc(C#N)cc(C(O)NC(C)C)c1NC(=O)c1cc(C(F)(F)F)nn1-c1ncccc1Cl. The summed E-state index contributed by atoms with van der Waals surface area (Å²) in [6.45, 7) is 5.17. The number of benzene rings is 1. The van der Waals surface area contributed by atoms with Crippen molar-refractivity contribution in [3.05, 3.63) is 69.6 Å². The van der Waals surface area contributed by atoms with Gasteiger partial charge in [-0.05, 0) is 50.6 Å². The molecule has 0 saturated heterocycles. The number of aromatic nitrogens is 3. The van der Waals surface area contributed by atoms with Gasteiger partial charge in [-0.15, -0.1) is 0 Å². The lowest BCUT2D eigenvalue weighted by Crippen LogP contribution is -2.29. The number of hydrogen-bond donors (Lipinski definition) is 3. The molecule has 3 aromatic rings. The number of aryl methyl sites for hydroxylation is 1. The minimum Gasteiger partial charge on any atom is -0.374 e. The molecule has 1 amide bonds. The van der Waals surface area contributed by atoms with Crippen LogP contribution in [0.1, 0.15) is 52.9 Å². The summed E-state index contributed by atoms with van der Waals surface area (Å²) < 4.78 is 40.9. The minimum atomic E-state index is -4.82. The predicted molar refractivity (Wildman–Crippen MR) is 118 cm³/mol. The van der Waals surface area contributed by atoms with Gasteiger partial charge < -0.3 is 10.4 Å². The lowest BCUT2D eigenvalue weighted by Gasteiger charge is -2.21. The van der Waals surface area contributed by atoms with Crippen LogP contribution in [0.2, 0.25) is 5.02 Å². The number of anilines is 1. The zero-order chi connectivity index (χ0) is 25.2. The Hall–Kier alpha value is -3.46. The number of aliphatic hydroxyl groups excluding tert-OH is 1. The molecule has 8 nitrogen and oxygen atoms in total. The highest BCUT2D eigenvalue weighted by Gasteiger charge is 2.37. The van der Waals surface area contributed by atoms with Gasteiger partial charge in [0.1, 0.15) is 11.9 Å². The highest BCUT2D eigenvalue weighted by Crippen LogP contribution is 2.32. The molecule has 1 aromatic carbocycles. The van der Waals surface area contributed by atoms with Crippen molar-refractivity contribution < 1.29 is 23.1 Å². The Kier molecular flexibility index (Phi) is 7.26. The fourth-order valence-corrected chi connectivity index (χ4v) is 3.43. The molecule has 178 valence electrons. The number of alkyl halides is 3. The highest BCUT2D eigenvalue weighted by molar-refractivity contribution is 6.32. The summed E-state index contributed by atoms with van der Waals surface area (Å²) in [6.07, 6.45) is -4.79. The normalized spacial score (nSPS) is 12.5. The Labute approximate surface area is 198 Å². The van der Waals surface area contributed by atoms with Crippen molar-refractivity contribution in [3.8, 4) is 11.9 Å². The molecule has 1 atom stereocenters. The summed E-state index contributed by atoms with van der Waals surface area (Å²) in [4.78, 5) is 17.1. The number of nitrogens with one attached hydrogen (secondary N) is 2. The molecule has 3 N–H and O–H groups in total. The molecule has 0 bridgehead atoms. The lowest BCUT2D eigenvalue weighted by atomic mass is 10.0. The van der Waals surface area contributed by atoms with E-state index >= 15 is 0 Å². The molecule has 12 heteroatoms. The van der Waals surface area contributed by atoms with Crippen LogP contribution in [0.25, 0.3) is 5.82 Å². The van der Waals surface area contributed by atoms with E-state index in [1.807, 2.05) is 6.07 Å². The van der Waals surface area contributed by atoms with Crippen LogP contribution in [0.4, 0.5) is 18.9 Å². The van der Waals surface area contributed by atoms with E-state index in [2.05, 4.69) is 20.7 Å². The maximum atomic E-state index is 13.4. The van der Waals surface area contributed by atoms with Crippen molar-refractivity contribution in [2.24, 2.45) is 0 Å². The minimum absolute atomic E-state index is 0.0137. The van der Waals surface area contributed by atoms with Crippen LogP contribution in [0.5, 0.6) is 0 Å². The van der Waals surface area contributed by atoms with E-state index in [1.165, 1.54) is 30.5 Å². The van der Waals surface area contributed by atoms with E-state index < -0.39 is 29.7 Å². The summed E-state index contributed by atoms with van der Waals surface area (Å²) in [5.41, 5.74) is -0.814. The first kappa shape index (κ1) is 25.2. The van der Waals surface area contributed by atoms with Crippen molar-refractivity contribution in [2.45, 2.75) is 39.2 Å². The van der Waals surface area contributed by atoms with Crippen LogP contribution in [0.3, 0.4) is 0 Å². The van der Waals surface area contributed by atoms with E-state index in [9.17, 15) is 28.3 Å². The largest absolute Gasteiger partial charge is 0.435 e. The van der Waals surface area contributed by atoms with Gasteiger partial charge in [-0.3, -0.25) is 10.1 Å². The maximum absolute atomic E-state index is 13.4. The number of pyridine rings is 1. The standard InChI is InChI=1S/C22H20ClF3N6O2/c1-11(2)29-20(33)14-8-13(10-27)7-12(3)18(14)30-21(34)16-9-17(22(24,25)26)31-32(16)19-15(23)5-4-6-28-19/h4-9,11,20,29,33H,1-3H3,(H,30,34). The second kappa shape index (κ2) is 9.80. The topological polar surface area (TPSA) is 116 Å². The molecular formula is C22H20ClF3N6O2. The van der Waals surface area contributed by atoms with Crippen LogP contribution in [0, 0.1) is 18.3 Å². The smallest absolute Gasteiger partial charge is 0.374 e. The Bertz CT molecular complexity index is 1270. The molecule has 2 heterocycles. The van der Waals surface area contributed by atoms with Gasteiger partial charge in [0.05, 0.1) is 22.3 Å². The number of nitriles is 1. The van der Waals surface area contributed by atoms with Crippen LogP contribution < -0.4 is 10.6 Å². The van der Waals surface area contributed by atoms with Gasteiger partial charge in [0.15, 0.2) is 11.5 Å². The number of rotatable bonds is 6. The van der Waals surface area contributed by atoms with Gasteiger partial charge in [0.2, 0.25) is 0 Å². The van der Waals surface area contributed by atoms with Crippen LogP contribution in [-0.2, 0) is 6.18 Å². The lowest BCUT2D eigenvalue weighted by molar-refractivity contribution is -0.141. The number of nitrogens with zero attached hydrogens (tertiary/aromatic N) is 4. The monoisotopic (exact) mass is 492 g/mol. The first-order valence-electron chi connectivity index (χ1n) is 10.0. The first-order chi connectivity index (χ1) is 15.9. The number of amides is 1. The summed E-state index contributed by atoms with van der Waals surface area (Å²) >= 11 is 6.08. The van der Waals surface area contributed by atoms with E-state index in [0.717, 1.165) is 0 Å². The first-order valence-corrected chi connectivity index (χ1v) is 10.4. The third-order valence-corrected chi connectivity index (χ3v) is 4.99. The van der Waals surface area contributed by atoms with Gasteiger partial charge in [-0.25, -0.2) is 9.67 Å². The van der Waals surface area contributed by atoms with Crippen LogP contribution in [0.15, 0.2) is 36.5 Å². The fourth-order valence-electron chi connectivity index (χ4n) is 3.22. The molecule has 0 saturated carbocycles. The molecule has 0 fully saturated rings. The molecule has 1 unspecified atom stereocenters. The molecule has 0 radical (unpaired) electrons. The molecule has 3 rings (SSSR count). The molecule has 0 spiro atoms. The van der Waals surface area contributed by atoms with Gasteiger partial charge in [-0.2, -0.15) is 23.5 Å². The number of carbonyl (C=O) groups is 1. The van der Waals surface area contributed by atoms with Crippen LogP contribution in [-0.4, -0.2) is 31.8 Å². The zero-order valence-electron chi connectivity index (χ0n) is 18.3. The quantitative estimate of drug-likeness (QED) is 0.440. The third-order valence-electron chi connectivity index (χ3n) is 4.69. The summed E-state index contributed by atoms with van der Waals surface area (Å²) in [5.74, 6) is -1.11. The van der Waals surface area contributed by atoms with Crippen molar-refractivity contribution >= 4 is 23.2 Å². The van der Waals surface area contributed by atoms with Gasteiger partial charge in [0.25, 0.3) is 5.91 Å². The Morgan fingerprint density at radius 3 is 2.59 bits per heavy atom. The fraction of sp³-hybridized carbons (Fsp3) is 0.273. The van der Waals surface area contributed by atoms with Gasteiger partial charge in [-0.1, -0.05) is 11.6 Å². The maximum Gasteiger partial charge on any atom is 0.435 e. The second-order valence-corrected chi connectivity index (χ2v) is 8.09. The predicted octanol–water partition coefficient (Wildman–Crippen LogP) is 4.36. The molecule has 2 aromatic heterocycles. The summed E-state index contributed by atoms with van der Waals surface area (Å²) in [5, 5.41) is 28.8. The average Bonchev–Trinajstić information content (AvgIpc) is 3.20. The summed E-state index contributed by atoms with van der Waals surface area (Å²) in [6, 6.07) is 8.16. The van der Waals surface area contributed by atoms with E-state index in [1.54, 1.807) is 20.8 Å². The number of halogens is 4. The molecule has 34 heavy (non-hydrogen) atoms. The van der Waals surface area contributed by atoms with E-state index in [0.29, 0.717) is 16.3 Å². The number of carbonyl (C=O) groups excluding carboxylic acids is 1. The number of aliphatic hydroxyl groups is 1. The Balaban J connectivity index is 2.11. The Morgan fingerprint density at radius 1 is 1.29 bits per heavy atom. The molecular weight excluding hydrogens is 473 g/mol. The van der Waals surface area contributed by atoms with Crippen molar-refractivity contribution in [3.63, 3.8) is 0 Å². The number of hydrogen-bond acceptors (Lipinski definition) is 6. The highest BCUT2D eigenvalue weighted by atomic mass is 35.5.